The molecular weight excluding hydrogens is 356 g/mol. The van der Waals surface area contributed by atoms with E-state index in [1.54, 1.807) is 14.0 Å². The average molecular weight is 386 g/mol. The maximum absolute atomic E-state index is 12.8. The number of carbonyl (C=O) groups excluding carboxylic acids is 2. The van der Waals surface area contributed by atoms with Gasteiger partial charge in [0.2, 0.25) is 5.91 Å². The predicted molar refractivity (Wildman–Crippen MR) is 106 cm³/mol. The summed E-state index contributed by atoms with van der Waals surface area (Å²) in [4.78, 5) is 32.9. The number of hydrogen-bond acceptors (Lipinski definition) is 4. The monoisotopic (exact) mass is 386 g/mol. The molecule has 28 heavy (non-hydrogen) atoms. The van der Waals surface area contributed by atoms with E-state index in [-0.39, 0.29) is 18.0 Å². The Morgan fingerprint density at radius 3 is 2.39 bits per heavy atom. The maximum Gasteiger partial charge on any atom is 0.320 e. The van der Waals surface area contributed by atoms with Gasteiger partial charge in [0.25, 0.3) is 0 Å². The third-order valence-corrected chi connectivity index (χ3v) is 6.42. The summed E-state index contributed by atoms with van der Waals surface area (Å²) in [7, 11) is 1.66. The van der Waals surface area contributed by atoms with E-state index in [0.29, 0.717) is 12.6 Å². The van der Waals surface area contributed by atoms with Gasteiger partial charge in [0, 0.05) is 58.8 Å². The Labute approximate surface area is 166 Å². The first kappa shape index (κ1) is 19.1. The first-order valence-electron chi connectivity index (χ1n) is 10.2. The van der Waals surface area contributed by atoms with Crippen LogP contribution in [0, 0.1) is 0 Å². The van der Waals surface area contributed by atoms with Crippen LogP contribution < -0.4 is 4.74 Å². The van der Waals surface area contributed by atoms with Gasteiger partial charge in [0.1, 0.15) is 5.75 Å². The van der Waals surface area contributed by atoms with Crippen LogP contribution >= 0.6 is 0 Å². The fourth-order valence-electron chi connectivity index (χ4n) is 4.76. The van der Waals surface area contributed by atoms with Gasteiger partial charge >= 0.3 is 6.03 Å². The lowest BCUT2D eigenvalue weighted by Gasteiger charge is -2.43. The Morgan fingerprint density at radius 2 is 1.75 bits per heavy atom. The molecule has 0 aliphatic carbocycles. The van der Waals surface area contributed by atoms with Gasteiger partial charge in [0.05, 0.1) is 13.2 Å². The highest BCUT2D eigenvalue weighted by Crippen LogP contribution is 2.26. The number of piperazine rings is 1. The van der Waals surface area contributed by atoms with Gasteiger partial charge < -0.3 is 19.4 Å². The molecule has 3 fully saturated rings. The summed E-state index contributed by atoms with van der Waals surface area (Å²) in [6, 6.07) is 8.90. The lowest BCUT2D eigenvalue weighted by molar-refractivity contribution is -0.130. The number of amides is 3. The van der Waals surface area contributed by atoms with Gasteiger partial charge in [-0.05, 0) is 30.5 Å². The summed E-state index contributed by atoms with van der Waals surface area (Å²) in [6.07, 6.45) is 2.08. The van der Waals surface area contributed by atoms with Crippen molar-refractivity contribution in [3.05, 3.63) is 29.8 Å². The number of urea groups is 1. The van der Waals surface area contributed by atoms with Crippen LogP contribution in [0.4, 0.5) is 4.79 Å². The molecule has 0 radical (unpaired) electrons. The fourth-order valence-corrected chi connectivity index (χ4v) is 4.76. The Bertz CT molecular complexity index is 715. The molecule has 1 aromatic rings. The van der Waals surface area contributed by atoms with Crippen LogP contribution in [0.5, 0.6) is 5.75 Å². The number of rotatable bonds is 4. The topological polar surface area (TPSA) is 56.3 Å². The van der Waals surface area contributed by atoms with Crippen LogP contribution in [-0.2, 0) is 11.3 Å². The normalized spacial score (nSPS) is 23.9. The second-order valence-corrected chi connectivity index (χ2v) is 8.09. The molecule has 7 nitrogen and oxygen atoms in total. The zero-order valence-corrected chi connectivity index (χ0v) is 16.8. The standard InChI is InChI=1S/C21H30N4O3/c1-16(26)22-9-7-18(8-10-22)23-11-12-25-19(14-23)15-24(21(25)27)13-17-3-5-20(28-2)6-4-17/h3-6,18-19H,7-15H2,1-2H3. The molecule has 3 saturated heterocycles. The van der Waals surface area contributed by atoms with E-state index in [1.165, 1.54) is 0 Å². The first-order valence-corrected chi connectivity index (χ1v) is 10.2. The molecule has 3 heterocycles. The Hall–Kier alpha value is -2.28. The van der Waals surface area contributed by atoms with Gasteiger partial charge in [-0.2, -0.15) is 0 Å². The summed E-state index contributed by atoms with van der Waals surface area (Å²) in [6.45, 7) is 7.47. The number of methoxy groups -OCH3 is 1. The van der Waals surface area contributed by atoms with Crippen molar-refractivity contribution < 1.29 is 14.3 Å². The Balaban J connectivity index is 1.33. The SMILES string of the molecule is COc1ccc(CN2CC3CN(C4CCN(C(C)=O)CC4)CCN3C2=O)cc1. The van der Waals surface area contributed by atoms with E-state index >= 15 is 0 Å². The summed E-state index contributed by atoms with van der Waals surface area (Å²) in [5.74, 6) is 1.01. The number of fused-ring (bicyclic) bond motifs is 1. The molecule has 3 aliphatic rings. The zero-order chi connectivity index (χ0) is 19.7. The number of hydrogen-bond donors (Lipinski definition) is 0. The van der Waals surface area contributed by atoms with Gasteiger partial charge in [-0.15, -0.1) is 0 Å². The van der Waals surface area contributed by atoms with Crippen molar-refractivity contribution in [3.63, 3.8) is 0 Å². The van der Waals surface area contributed by atoms with E-state index in [9.17, 15) is 9.59 Å². The summed E-state index contributed by atoms with van der Waals surface area (Å²) in [5, 5.41) is 0. The van der Waals surface area contributed by atoms with E-state index in [0.717, 1.165) is 63.4 Å². The molecule has 0 spiro atoms. The van der Waals surface area contributed by atoms with E-state index in [4.69, 9.17) is 4.74 Å². The van der Waals surface area contributed by atoms with E-state index in [2.05, 4.69) is 4.90 Å². The first-order chi connectivity index (χ1) is 13.5. The highest BCUT2D eigenvalue weighted by atomic mass is 16.5. The summed E-state index contributed by atoms with van der Waals surface area (Å²) in [5.41, 5.74) is 1.13. The molecule has 3 aliphatic heterocycles. The van der Waals surface area contributed by atoms with Crippen molar-refractivity contribution in [1.82, 2.24) is 19.6 Å². The van der Waals surface area contributed by atoms with Crippen molar-refractivity contribution in [2.75, 3.05) is 46.4 Å². The molecule has 152 valence electrons. The van der Waals surface area contributed by atoms with Crippen molar-refractivity contribution in [2.24, 2.45) is 0 Å². The highest BCUT2D eigenvalue weighted by molar-refractivity contribution is 5.77. The van der Waals surface area contributed by atoms with Gasteiger partial charge in [-0.1, -0.05) is 12.1 Å². The second kappa shape index (κ2) is 7.99. The predicted octanol–water partition coefficient (Wildman–Crippen LogP) is 1.63. The molecule has 0 bridgehead atoms. The lowest BCUT2D eigenvalue weighted by atomic mass is 10.0. The average Bonchev–Trinajstić information content (AvgIpc) is 3.03. The van der Waals surface area contributed by atoms with Crippen molar-refractivity contribution in [1.29, 1.82) is 0 Å². The van der Waals surface area contributed by atoms with Crippen LogP contribution in [0.25, 0.3) is 0 Å². The Kier molecular flexibility index (Phi) is 5.44. The number of nitrogens with zero attached hydrogens (tertiary/aromatic N) is 4. The molecule has 0 N–H and O–H groups in total. The molecule has 0 saturated carbocycles. The lowest BCUT2D eigenvalue weighted by Crippen LogP contribution is -2.57. The van der Waals surface area contributed by atoms with Gasteiger partial charge in [-0.3, -0.25) is 9.69 Å². The van der Waals surface area contributed by atoms with Crippen molar-refractivity contribution in [3.8, 4) is 5.75 Å². The fraction of sp³-hybridized carbons (Fsp3) is 0.619. The van der Waals surface area contributed by atoms with E-state index in [1.807, 2.05) is 39.0 Å². The number of benzene rings is 1. The summed E-state index contributed by atoms with van der Waals surface area (Å²) < 4.78 is 5.21. The zero-order valence-electron chi connectivity index (χ0n) is 16.8. The molecule has 1 aromatic carbocycles. The largest absolute Gasteiger partial charge is 0.497 e. The number of ether oxygens (including phenoxy) is 1. The second-order valence-electron chi connectivity index (χ2n) is 8.09. The molecular formula is C21H30N4O3. The van der Waals surface area contributed by atoms with Crippen LogP contribution in [-0.4, -0.2) is 90.0 Å². The minimum absolute atomic E-state index is 0.159. The minimum atomic E-state index is 0.159. The van der Waals surface area contributed by atoms with Crippen molar-refractivity contribution in [2.45, 2.75) is 38.4 Å². The smallest absolute Gasteiger partial charge is 0.320 e. The van der Waals surface area contributed by atoms with E-state index < -0.39 is 0 Å². The van der Waals surface area contributed by atoms with Crippen LogP contribution in [0.1, 0.15) is 25.3 Å². The summed E-state index contributed by atoms with van der Waals surface area (Å²) >= 11 is 0. The Morgan fingerprint density at radius 1 is 1.04 bits per heavy atom. The third-order valence-electron chi connectivity index (χ3n) is 6.42. The maximum atomic E-state index is 12.8. The molecule has 1 unspecified atom stereocenters. The van der Waals surface area contributed by atoms with Crippen molar-refractivity contribution >= 4 is 11.9 Å². The quantitative estimate of drug-likeness (QED) is 0.789. The molecule has 4 rings (SSSR count). The molecule has 7 heteroatoms. The molecule has 3 amide bonds. The van der Waals surface area contributed by atoms with Crippen LogP contribution in [0.15, 0.2) is 24.3 Å². The van der Waals surface area contributed by atoms with Crippen LogP contribution in [0.3, 0.4) is 0 Å². The minimum Gasteiger partial charge on any atom is -0.497 e. The van der Waals surface area contributed by atoms with Gasteiger partial charge in [0.15, 0.2) is 0 Å². The van der Waals surface area contributed by atoms with Crippen LogP contribution in [0.2, 0.25) is 0 Å². The van der Waals surface area contributed by atoms with Gasteiger partial charge in [-0.25, -0.2) is 4.79 Å². The number of likely N-dealkylation sites (tertiary alicyclic amines) is 1. The molecule has 1 atom stereocenters. The molecule has 0 aromatic heterocycles. The number of carbonyl (C=O) groups is 2. The third kappa shape index (κ3) is 3.81. The highest BCUT2D eigenvalue weighted by Gasteiger charge is 2.42. The number of piperidine rings is 1.